The van der Waals surface area contributed by atoms with Crippen LogP contribution in [0, 0.1) is 0 Å². The first-order valence-electron chi connectivity index (χ1n) is 8.10. The molecular weight excluding hydrogens is 344 g/mol. The Balaban J connectivity index is 1.84. The molecule has 2 aromatic rings. The topological polar surface area (TPSA) is 132 Å². The van der Waals surface area contributed by atoms with Crippen LogP contribution < -0.4 is 22.1 Å². The van der Waals surface area contributed by atoms with E-state index in [2.05, 4.69) is 25.6 Å². The summed E-state index contributed by atoms with van der Waals surface area (Å²) >= 11 is 0. The molecule has 3 rings (SSSR count). The van der Waals surface area contributed by atoms with Crippen molar-refractivity contribution >= 4 is 23.2 Å². The van der Waals surface area contributed by atoms with Gasteiger partial charge in [0, 0.05) is 18.7 Å². The molecule has 1 fully saturated rings. The van der Waals surface area contributed by atoms with E-state index in [1.54, 1.807) is 18.3 Å². The summed E-state index contributed by atoms with van der Waals surface area (Å²) in [5.41, 5.74) is 11.5. The first kappa shape index (κ1) is 17.9. The Bertz CT molecular complexity index is 787. The lowest BCUT2D eigenvalue weighted by atomic mass is 9.87. The third-order valence-electron chi connectivity index (χ3n) is 4.21. The van der Waals surface area contributed by atoms with Gasteiger partial charge in [-0.25, -0.2) is 18.7 Å². The van der Waals surface area contributed by atoms with E-state index in [0.717, 1.165) is 0 Å². The molecular formula is C16H19F2N7O. The summed E-state index contributed by atoms with van der Waals surface area (Å²) < 4.78 is 27.6. The molecule has 1 saturated carbocycles. The number of nitrogens with zero attached hydrogens (tertiary/aromatic N) is 3. The van der Waals surface area contributed by atoms with Crippen LogP contribution in [-0.4, -0.2) is 38.9 Å². The van der Waals surface area contributed by atoms with Crippen molar-refractivity contribution in [2.45, 2.75) is 37.3 Å². The summed E-state index contributed by atoms with van der Waals surface area (Å²) in [4.78, 5) is 23.8. The van der Waals surface area contributed by atoms with E-state index in [4.69, 9.17) is 11.5 Å². The van der Waals surface area contributed by atoms with Gasteiger partial charge in [0.2, 0.25) is 0 Å². The molecule has 1 amide bonds. The lowest BCUT2D eigenvalue weighted by Gasteiger charge is -2.36. The number of carbonyl (C=O) groups is 1. The largest absolute Gasteiger partial charge is 0.364 e. The van der Waals surface area contributed by atoms with Crippen LogP contribution in [0.5, 0.6) is 0 Å². The lowest BCUT2D eigenvalue weighted by Crippen LogP contribution is -2.55. The van der Waals surface area contributed by atoms with Gasteiger partial charge in [-0.1, -0.05) is 0 Å². The molecule has 1 aliphatic rings. The monoisotopic (exact) mass is 363 g/mol. The molecule has 6 N–H and O–H groups in total. The Morgan fingerprint density at radius 1 is 1.35 bits per heavy atom. The third-order valence-corrected chi connectivity index (χ3v) is 4.21. The summed E-state index contributed by atoms with van der Waals surface area (Å²) in [5, 5.41) is 5.79. The maximum Gasteiger partial charge on any atom is 0.271 e. The molecule has 10 heteroatoms. The second-order valence-electron chi connectivity index (χ2n) is 6.11. The standard InChI is InChI=1S/C16H19F2N7O/c17-16(18)5-1-4-10(13(16)19)24-11-8-22-12(14(20)26)15(25-11)23-9-3-2-6-21-7-9/h2-3,6-8,10,13H,1,4-5,19H2,(H2,20,26)(H2,23,24,25). The van der Waals surface area contributed by atoms with Gasteiger partial charge in [-0.05, 0) is 25.0 Å². The first-order valence-corrected chi connectivity index (χ1v) is 8.10. The summed E-state index contributed by atoms with van der Waals surface area (Å²) in [6.45, 7) is 0. The second kappa shape index (κ2) is 7.16. The number of alkyl halides is 2. The summed E-state index contributed by atoms with van der Waals surface area (Å²) in [7, 11) is 0. The van der Waals surface area contributed by atoms with E-state index in [-0.39, 0.29) is 23.8 Å². The van der Waals surface area contributed by atoms with Crippen molar-refractivity contribution in [1.82, 2.24) is 15.0 Å². The van der Waals surface area contributed by atoms with E-state index in [0.29, 0.717) is 18.5 Å². The molecule has 2 unspecified atom stereocenters. The molecule has 2 atom stereocenters. The van der Waals surface area contributed by atoms with Crippen LogP contribution in [-0.2, 0) is 0 Å². The molecule has 138 valence electrons. The molecule has 0 spiro atoms. The van der Waals surface area contributed by atoms with Gasteiger partial charge < -0.3 is 22.1 Å². The highest BCUT2D eigenvalue weighted by Gasteiger charge is 2.44. The smallest absolute Gasteiger partial charge is 0.271 e. The van der Waals surface area contributed by atoms with Crippen molar-refractivity contribution in [3.8, 4) is 0 Å². The number of halogens is 2. The molecule has 0 aromatic carbocycles. The highest BCUT2D eigenvalue weighted by Crippen LogP contribution is 2.33. The van der Waals surface area contributed by atoms with Crippen LogP contribution in [0.15, 0.2) is 30.7 Å². The average Bonchev–Trinajstić information content (AvgIpc) is 2.60. The molecule has 0 radical (unpaired) electrons. The molecule has 2 heterocycles. The molecule has 0 bridgehead atoms. The first-order chi connectivity index (χ1) is 12.4. The Labute approximate surface area is 148 Å². The summed E-state index contributed by atoms with van der Waals surface area (Å²) in [5.74, 6) is -3.38. The number of rotatable bonds is 5. The van der Waals surface area contributed by atoms with E-state index in [9.17, 15) is 13.6 Å². The number of carbonyl (C=O) groups excluding carboxylic acids is 1. The molecule has 1 aliphatic carbocycles. The highest BCUT2D eigenvalue weighted by molar-refractivity contribution is 5.96. The van der Waals surface area contributed by atoms with Crippen molar-refractivity contribution in [2.24, 2.45) is 11.5 Å². The number of pyridine rings is 1. The van der Waals surface area contributed by atoms with E-state index in [1.807, 2.05) is 0 Å². The quantitative estimate of drug-likeness (QED) is 0.635. The van der Waals surface area contributed by atoms with Crippen LogP contribution in [0.3, 0.4) is 0 Å². The van der Waals surface area contributed by atoms with Crippen molar-refractivity contribution in [2.75, 3.05) is 10.6 Å². The van der Waals surface area contributed by atoms with Gasteiger partial charge in [-0.15, -0.1) is 0 Å². The summed E-state index contributed by atoms with van der Waals surface area (Å²) in [6.07, 6.45) is 5.01. The minimum Gasteiger partial charge on any atom is -0.364 e. The Kier molecular flexibility index (Phi) is 4.94. The maximum absolute atomic E-state index is 13.8. The number of primary amides is 1. The van der Waals surface area contributed by atoms with Gasteiger partial charge in [0.25, 0.3) is 11.8 Å². The maximum atomic E-state index is 13.8. The number of aromatic nitrogens is 3. The predicted molar refractivity (Wildman–Crippen MR) is 92.3 cm³/mol. The van der Waals surface area contributed by atoms with Gasteiger partial charge in [-0.2, -0.15) is 0 Å². The number of hydrogen-bond donors (Lipinski definition) is 4. The minimum absolute atomic E-state index is 0.0716. The van der Waals surface area contributed by atoms with Crippen molar-refractivity contribution in [3.05, 3.63) is 36.4 Å². The van der Waals surface area contributed by atoms with Gasteiger partial charge in [-0.3, -0.25) is 9.78 Å². The van der Waals surface area contributed by atoms with Crippen LogP contribution in [0.1, 0.15) is 29.8 Å². The molecule has 2 aromatic heterocycles. The number of anilines is 3. The number of amides is 1. The highest BCUT2D eigenvalue weighted by atomic mass is 19.3. The van der Waals surface area contributed by atoms with Crippen LogP contribution in [0.2, 0.25) is 0 Å². The van der Waals surface area contributed by atoms with Crippen molar-refractivity contribution in [3.63, 3.8) is 0 Å². The predicted octanol–water partition coefficient (Wildman–Crippen LogP) is 1.64. The minimum atomic E-state index is -2.94. The fourth-order valence-corrected chi connectivity index (χ4v) is 2.85. The van der Waals surface area contributed by atoms with Gasteiger partial charge in [0.1, 0.15) is 5.82 Å². The Hall–Kier alpha value is -2.88. The van der Waals surface area contributed by atoms with Crippen molar-refractivity contribution in [1.29, 1.82) is 0 Å². The zero-order chi connectivity index (χ0) is 18.7. The Morgan fingerprint density at radius 3 is 2.85 bits per heavy atom. The zero-order valence-corrected chi connectivity index (χ0v) is 13.8. The number of nitrogens with one attached hydrogen (secondary N) is 2. The van der Waals surface area contributed by atoms with Crippen molar-refractivity contribution < 1.29 is 13.6 Å². The van der Waals surface area contributed by atoms with E-state index < -0.39 is 23.9 Å². The molecule has 0 aliphatic heterocycles. The van der Waals surface area contributed by atoms with Crippen LogP contribution in [0.4, 0.5) is 26.1 Å². The third kappa shape index (κ3) is 3.85. The second-order valence-corrected chi connectivity index (χ2v) is 6.11. The zero-order valence-electron chi connectivity index (χ0n) is 13.8. The van der Waals surface area contributed by atoms with E-state index in [1.165, 1.54) is 12.4 Å². The fourth-order valence-electron chi connectivity index (χ4n) is 2.85. The van der Waals surface area contributed by atoms with E-state index >= 15 is 0 Å². The SMILES string of the molecule is NC(=O)c1ncc(NC2CCCC(F)(F)C2N)nc1Nc1cccnc1. The average molecular weight is 363 g/mol. The van der Waals surface area contributed by atoms with Gasteiger partial charge in [0.15, 0.2) is 11.5 Å². The number of nitrogens with two attached hydrogens (primary N) is 2. The van der Waals surface area contributed by atoms with Gasteiger partial charge >= 0.3 is 0 Å². The molecule has 26 heavy (non-hydrogen) atoms. The lowest BCUT2D eigenvalue weighted by molar-refractivity contribution is -0.0554. The van der Waals surface area contributed by atoms with Crippen LogP contribution in [0.25, 0.3) is 0 Å². The normalized spacial score (nSPS) is 21.8. The number of hydrogen-bond acceptors (Lipinski definition) is 7. The summed E-state index contributed by atoms with van der Waals surface area (Å²) in [6, 6.07) is 1.43. The molecule has 0 saturated heterocycles. The molecule has 8 nitrogen and oxygen atoms in total. The fraction of sp³-hybridized carbons (Fsp3) is 0.375. The van der Waals surface area contributed by atoms with Gasteiger partial charge in [0.05, 0.1) is 24.1 Å². The van der Waals surface area contributed by atoms with Crippen LogP contribution >= 0.6 is 0 Å². The Morgan fingerprint density at radius 2 is 2.15 bits per heavy atom.